The lowest BCUT2D eigenvalue weighted by molar-refractivity contribution is 0.0478. The maximum atomic E-state index is 12.1. The van der Waals surface area contributed by atoms with Crippen LogP contribution in [0.2, 0.25) is 0 Å². The molecule has 8 heteroatoms. The second kappa shape index (κ2) is 8.66. The maximum Gasteiger partial charge on any atom is 0.348 e. The van der Waals surface area contributed by atoms with Gasteiger partial charge >= 0.3 is 5.97 Å². The molecule has 1 aromatic carbocycles. The predicted molar refractivity (Wildman–Crippen MR) is 98.2 cm³/mol. The number of carbonyl (C=O) groups is 1. The minimum Gasteiger partial charge on any atom is -0.457 e. The van der Waals surface area contributed by atoms with Crippen LogP contribution in [0.15, 0.2) is 41.3 Å². The highest BCUT2D eigenvalue weighted by Gasteiger charge is 2.11. The van der Waals surface area contributed by atoms with Gasteiger partial charge in [0.05, 0.1) is 6.26 Å². The van der Waals surface area contributed by atoms with Crippen molar-refractivity contribution in [2.75, 3.05) is 19.1 Å². The number of nitrogens with one attached hydrogen (secondary N) is 1. The number of esters is 1. The highest BCUT2D eigenvalue weighted by atomic mass is 32.2. The summed E-state index contributed by atoms with van der Waals surface area (Å²) < 4.78 is 29.8. The molecule has 5 nitrogen and oxygen atoms in total. The quantitative estimate of drug-likeness (QED) is 0.559. The van der Waals surface area contributed by atoms with Crippen molar-refractivity contribution < 1.29 is 17.9 Å². The highest BCUT2D eigenvalue weighted by molar-refractivity contribution is 7.98. The number of rotatable bonds is 8. The third kappa shape index (κ3) is 6.27. The van der Waals surface area contributed by atoms with Crippen molar-refractivity contribution in [3.8, 4) is 0 Å². The summed E-state index contributed by atoms with van der Waals surface area (Å²) in [5, 5.41) is 0. The van der Waals surface area contributed by atoms with E-state index in [4.69, 9.17) is 4.74 Å². The number of ether oxygens (including phenoxy) is 1. The number of hydrogen-bond acceptors (Lipinski definition) is 6. The molecule has 0 aliphatic heterocycles. The highest BCUT2D eigenvalue weighted by Crippen LogP contribution is 2.19. The molecule has 0 unspecified atom stereocenters. The average molecular weight is 386 g/mol. The van der Waals surface area contributed by atoms with E-state index in [9.17, 15) is 13.2 Å². The number of thioether (sulfide) groups is 1. The smallest absolute Gasteiger partial charge is 0.348 e. The molecule has 24 heavy (non-hydrogen) atoms. The molecule has 2 aromatic rings. The van der Waals surface area contributed by atoms with E-state index >= 15 is 0 Å². The summed E-state index contributed by atoms with van der Waals surface area (Å²) in [4.78, 5) is 14.7. The van der Waals surface area contributed by atoms with Gasteiger partial charge in [0.1, 0.15) is 11.5 Å². The largest absolute Gasteiger partial charge is 0.457 e. The molecule has 1 N–H and O–H groups in total. The number of carbonyl (C=O) groups excluding carboxylic acids is 1. The molecule has 0 aliphatic rings. The second-order valence-corrected chi connectivity index (χ2v) is 8.99. The zero-order valence-electron chi connectivity index (χ0n) is 13.4. The minimum atomic E-state index is -3.19. The Labute approximate surface area is 150 Å². The van der Waals surface area contributed by atoms with Crippen molar-refractivity contribution in [2.45, 2.75) is 17.9 Å². The molecule has 0 amide bonds. The normalized spacial score (nSPS) is 11.4. The van der Waals surface area contributed by atoms with Gasteiger partial charge in [-0.15, -0.1) is 23.1 Å². The first-order valence-electron chi connectivity index (χ1n) is 7.21. The molecule has 0 spiro atoms. The van der Waals surface area contributed by atoms with E-state index in [1.165, 1.54) is 11.3 Å². The summed E-state index contributed by atoms with van der Waals surface area (Å²) in [5.74, 6) is -0.365. The van der Waals surface area contributed by atoms with Gasteiger partial charge in [0.15, 0.2) is 0 Å². The van der Waals surface area contributed by atoms with Crippen LogP contribution in [0.1, 0.15) is 20.1 Å². The van der Waals surface area contributed by atoms with E-state index in [2.05, 4.69) is 4.72 Å². The monoisotopic (exact) mass is 385 g/mol. The SMILES string of the molecule is CSc1ccc(COC(=O)c2ccc(CCNS(C)(=O)=O)s2)cc1. The molecular weight excluding hydrogens is 366 g/mol. The van der Waals surface area contributed by atoms with Crippen molar-refractivity contribution in [1.82, 2.24) is 4.72 Å². The predicted octanol–water partition coefficient (Wildman–Crippen LogP) is 2.92. The fourth-order valence-corrected chi connectivity index (χ4v) is 3.71. The fourth-order valence-electron chi connectivity index (χ4n) is 1.92. The standard InChI is InChI=1S/C16H19NO4S3/c1-22-13-5-3-12(4-6-13)11-21-16(18)15-8-7-14(23-15)9-10-17-24(2,19)20/h3-8,17H,9-11H2,1-2H3. The molecule has 1 heterocycles. The summed E-state index contributed by atoms with van der Waals surface area (Å²) in [6.07, 6.45) is 3.67. The lowest BCUT2D eigenvalue weighted by atomic mass is 10.2. The van der Waals surface area contributed by atoms with Gasteiger partial charge in [-0.25, -0.2) is 17.9 Å². The summed E-state index contributed by atoms with van der Waals surface area (Å²) >= 11 is 2.98. The Morgan fingerprint density at radius 2 is 1.92 bits per heavy atom. The molecule has 0 radical (unpaired) electrons. The number of hydrogen-bond donors (Lipinski definition) is 1. The van der Waals surface area contributed by atoms with Crippen LogP contribution < -0.4 is 4.72 Å². The zero-order chi connectivity index (χ0) is 17.6. The first-order valence-corrected chi connectivity index (χ1v) is 11.1. The molecule has 0 saturated carbocycles. The van der Waals surface area contributed by atoms with Gasteiger partial charge in [-0.3, -0.25) is 0 Å². The second-order valence-electron chi connectivity index (χ2n) is 5.11. The van der Waals surface area contributed by atoms with Gasteiger partial charge in [0, 0.05) is 16.3 Å². The molecular formula is C16H19NO4S3. The molecule has 0 atom stereocenters. The Bertz CT molecular complexity index is 782. The maximum absolute atomic E-state index is 12.1. The molecule has 2 rings (SSSR count). The van der Waals surface area contributed by atoms with Crippen LogP contribution in [-0.4, -0.2) is 33.4 Å². The van der Waals surface area contributed by atoms with Crippen molar-refractivity contribution in [2.24, 2.45) is 0 Å². The van der Waals surface area contributed by atoms with Gasteiger partial charge in [-0.2, -0.15) is 0 Å². The van der Waals surface area contributed by atoms with E-state index in [1.54, 1.807) is 17.8 Å². The fraction of sp³-hybridized carbons (Fsp3) is 0.312. The van der Waals surface area contributed by atoms with E-state index in [-0.39, 0.29) is 12.6 Å². The third-order valence-corrected chi connectivity index (χ3v) is 5.72. The summed E-state index contributed by atoms with van der Waals surface area (Å²) in [5.41, 5.74) is 0.940. The van der Waals surface area contributed by atoms with Crippen LogP contribution >= 0.6 is 23.1 Å². The summed E-state index contributed by atoms with van der Waals surface area (Å²) in [6.45, 7) is 0.548. The van der Waals surface area contributed by atoms with Crippen LogP contribution in [0.25, 0.3) is 0 Å². The van der Waals surface area contributed by atoms with Gasteiger partial charge in [0.25, 0.3) is 0 Å². The van der Waals surface area contributed by atoms with Crippen molar-refractivity contribution >= 4 is 39.1 Å². The Morgan fingerprint density at radius 1 is 1.21 bits per heavy atom. The Hall–Kier alpha value is -1.35. The summed E-state index contributed by atoms with van der Waals surface area (Å²) in [7, 11) is -3.19. The van der Waals surface area contributed by atoms with Crippen molar-refractivity contribution in [3.05, 3.63) is 51.7 Å². The third-order valence-electron chi connectivity index (χ3n) is 3.13. The topological polar surface area (TPSA) is 72.5 Å². The summed E-state index contributed by atoms with van der Waals surface area (Å²) in [6, 6.07) is 11.4. The van der Waals surface area contributed by atoms with Crippen molar-refractivity contribution in [3.63, 3.8) is 0 Å². The molecule has 1 aromatic heterocycles. The number of sulfonamides is 1. The molecule has 0 saturated heterocycles. The van der Waals surface area contributed by atoms with Gasteiger partial charge in [0.2, 0.25) is 10.0 Å². The van der Waals surface area contributed by atoms with Crippen LogP contribution in [-0.2, 0) is 27.8 Å². The van der Waals surface area contributed by atoms with Crippen LogP contribution in [0, 0.1) is 0 Å². The molecule has 130 valence electrons. The van der Waals surface area contributed by atoms with E-state index in [0.717, 1.165) is 21.6 Å². The molecule has 0 aliphatic carbocycles. The van der Waals surface area contributed by atoms with Gasteiger partial charge in [-0.05, 0) is 42.5 Å². The molecule has 0 fully saturated rings. The number of thiophene rings is 1. The van der Waals surface area contributed by atoms with E-state index < -0.39 is 10.0 Å². The first kappa shape index (κ1) is 19.0. The molecule has 0 bridgehead atoms. The van der Waals surface area contributed by atoms with Gasteiger partial charge < -0.3 is 4.74 Å². The lowest BCUT2D eigenvalue weighted by Crippen LogP contribution is -2.23. The first-order chi connectivity index (χ1) is 11.4. The van der Waals surface area contributed by atoms with Crippen LogP contribution in [0.3, 0.4) is 0 Å². The van der Waals surface area contributed by atoms with Crippen LogP contribution in [0.5, 0.6) is 0 Å². The van der Waals surface area contributed by atoms with Crippen LogP contribution in [0.4, 0.5) is 0 Å². The van der Waals surface area contributed by atoms with Crippen molar-refractivity contribution in [1.29, 1.82) is 0 Å². The minimum absolute atomic E-state index is 0.233. The van der Waals surface area contributed by atoms with E-state index in [0.29, 0.717) is 17.8 Å². The number of benzene rings is 1. The lowest BCUT2D eigenvalue weighted by Gasteiger charge is -2.04. The Kier molecular flexibility index (Phi) is 6.85. The Morgan fingerprint density at radius 3 is 2.54 bits per heavy atom. The zero-order valence-corrected chi connectivity index (χ0v) is 15.9. The van der Waals surface area contributed by atoms with E-state index in [1.807, 2.05) is 36.6 Å². The Balaban J connectivity index is 1.84. The average Bonchev–Trinajstić information content (AvgIpc) is 3.01. The van der Waals surface area contributed by atoms with Gasteiger partial charge in [-0.1, -0.05) is 12.1 Å².